The van der Waals surface area contributed by atoms with Crippen LogP contribution in [0.5, 0.6) is 5.75 Å². The summed E-state index contributed by atoms with van der Waals surface area (Å²) in [4.78, 5) is 21.4. The van der Waals surface area contributed by atoms with Crippen LogP contribution >= 0.6 is 0 Å². The van der Waals surface area contributed by atoms with Crippen molar-refractivity contribution < 1.29 is 22.7 Å². The highest BCUT2D eigenvalue weighted by Crippen LogP contribution is 2.42. The number of alkyl halides is 3. The molecule has 4 heterocycles. The average molecular weight is 598 g/mol. The van der Waals surface area contributed by atoms with Crippen LogP contribution in [0.3, 0.4) is 0 Å². The number of benzene rings is 2. The Balaban J connectivity index is 1.19. The Kier molecular flexibility index (Phi) is 8.60. The number of anilines is 4. The first kappa shape index (κ1) is 29.5. The van der Waals surface area contributed by atoms with Gasteiger partial charge >= 0.3 is 6.18 Å². The average Bonchev–Trinajstić information content (AvgIpc) is 3.52. The quantitative estimate of drug-likeness (QED) is 0.388. The lowest BCUT2D eigenvalue weighted by atomic mass is 10.0. The van der Waals surface area contributed by atoms with Crippen LogP contribution in [0.4, 0.5) is 36.3 Å². The van der Waals surface area contributed by atoms with Gasteiger partial charge in [-0.1, -0.05) is 30.3 Å². The van der Waals surface area contributed by atoms with E-state index in [1.54, 1.807) is 7.11 Å². The smallest absolute Gasteiger partial charge is 0.421 e. The normalized spacial score (nSPS) is 20.9. The van der Waals surface area contributed by atoms with Gasteiger partial charge in [-0.3, -0.25) is 9.74 Å². The maximum atomic E-state index is 14.1. The number of hydrogen-bond acceptors (Lipinski definition) is 9. The van der Waals surface area contributed by atoms with Crippen LogP contribution < -0.4 is 20.0 Å². The van der Waals surface area contributed by atoms with Crippen molar-refractivity contribution in [3.63, 3.8) is 0 Å². The Hall–Kier alpha value is -3.61. The van der Waals surface area contributed by atoms with Gasteiger partial charge in [-0.25, -0.2) is 10.0 Å². The fraction of sp³-hybridized carbons (Fsp3) is 0.484. The van der Waals surface area contributed by atoms with Crippen molar-refractivity contribution in [1.29, 1.82) is 0 Å². The van der Waals surface area contributed by atoms with Gasteiger partial charge < -0.3 is 19.9 Å². The summed E-state index contributed by atoms with van der Waals surface area (Å²) in [5, 5.41) is 4.34. The lowest BCUT2D eigenvalue weighted by molar-refractivity contribution is -0.138. The maximum absolute atomic E-state index is 14.1. The number of ether oxygens (including phenoxy) is 1. The van der Waals surface area contributed by atoms with Crippen molar-refractivity contribution in [2.45, 2.75) is 37.5 Å². The van der Waals surface area contributed by atoms with E-state index in [9.17, 15) is 13.2 Å². The van der Waals surface area contributed by atoms with Crippen LogP contribution in [0.1, 0.15) is 36.4 Å². The molecular weight excluding hydrogens is 559 g/mol. The van der Waals surface area contributed by atoms with Crippen molar-refractivity contribution in [3.8, 4) is 5.75 Å². The first-order valence-corrected chi connectivity index (χ1v) is 14.8. The standard InChI is InChI=1S/C31H38F3N7O2/c1-38-15-17-40(18-16-38)23-10-13-39(14-11-23)24-8-9-26(28(20-24)42-2)36-30-35-21-25(31(32,33)34)29(37-30)41-27(12-19-43-41)22-6-4-3-5-7-22/h3-9,20-21,23,27H,10-19H2,1-2H3,(H,35,36,37)/t27-/m0/s1. The molecule has 3 saturated heterocycles. The first-order chi connectivity index (χ1) is 20.8. The fourth-order valence-corrected chi connectivity index (χ4v) is 6.23. The second kappa shape index (κ2) is 12.6. The summed E-state index contributed by atoms with van der Waals surface area (Å²) in [6.45, 7) is 6.68. The molecule has 0 saturated carbocycles. The molecule has 3 aromatic rings. The van der Waals surface area contributed by atoms with Gasteiger partial charge in [-0.2, -0.15) is 18.2 Å². The second-order valence-electron chi connectivity index (χ2n) is 11.4. The van der Waals surface area contributed by atoms with E-state index in [-0.39, 0.29) is 18.4 Å². The highest BCUT2D eigenvalue weighted by atomic mass is 19.4. The van der Waals surface area contributed by atoms with E-state index < -0.39 is 17.8 Å². The van der Waals surface area contributed by atoms with E-state index in [4.69, 9.17) is 9.57 Å². The fourth-order valence-electron chi connectivity index (χ4n) is 6.23. The Bertz CT molecular complexity index is 1380. The highest BCUT2D eigenvalue weighted by molar-refractivity contribution is 5.69. The molecule has 3 aliphatic rings. The largest absolute Gasteiger partial charge is 0.494 e. The minimum absolute atomic E-state index is 0.0179. The van der Waals surface area contributed by atoms with Gasteiger partial charge in [0.15, 0.2) is 5.82 Å². The van der Waals surface area contributed by atoms with Crippen LogP contribution in [0.2, 0.25) is 0 Å². The number of halogens is 3. The molecule has 3 fully saturated rings. The first-order valence-electron chi connectivity index (χ1n) is 14.8. The molecule has 0 amide bonds. The zero-order valence-electron chi connectivity index (χ0n) is 24.6. The van der Waals surface area contributed by atoms with Gasteiger partial charge in [0.05, 0.1) is 25.4 Å². The number of likely N-dealkylation sites (N-methyl/N-ethyl adjacent to an activating group) is 1. The molecular formula is C31H38F3N7O2. The number of rotatable bonds is 7. The van der Waals surface area contributed by atoms with Crippen LogP contribution in [0.25, 0.3) is 0 Å². The van der Waals surface area contributed by atoms with E-state index in [0.717, 1.165) is 69.6 Å². The number of nitrogens with one attached hydrogen (secondary N) is 1. The molecule has 0 aliphatic carbocycles. The van der Waals surface area contributed by atoms with E-state index in [1.165, 1.54) is 5.06 Å². The summed E-state index contributed by atoms with van der Waals surface area (Å²) in [7, 11) is 3.75. The van der Waals surface area contributed by atoms with E-state index in [0.29, 0.717) is 23.9 Å². The molecule has 0 spiro atoms. The summed E-state index contributed by atoms with van der Waals surface area (Å²) in [6.07, 6.45) is -1.10. The van der Waals surface area contributed by atoms with E-state index >= 15 is 0 Å². The number of piperidine rings is 1. The Morgan fingerprint density at radius 1 is 0.953 bits per heavy atom. The Morgan fingerprint density at radius 2 is 1.70 bits per heavy atom. The summed E-state index contributed by atoms with van der Waals surface area (Å²) < 4.78 is 47.9. The van der Waals surface area contributed by atoms with E-state index in [2.05, 4.69) is 37.0 Å². The van der Waals surface area contributed by atoms with Crippen molar-refractivity contribution >= 4 is 23.1 Å². The molecule has 1 N–H and O–H groups in total. The minimum Gasteiger partial charge on any atom is -0.494 e. The summed E-state index contributed by atoms with van der Waals surface area (Å²) in [5.41, 5.74) is 1.50. The van der Waals surface area contributed by atoms with Crippen molar-refractivity contribution in [1.82, 2.24) is 19.8 Å². The molecule has 2 aromatic carbocycles. The molecule has 1 atom stereocenters. The van der Waals surface area contributed by atoms with Gasteiger partial charge in [0.25, 0.3) is 0 Å². The lowest BCUT2D eigenvalue weighted by Gasteiger charge is -2.42. The third kappa shape index (κ3) is 6.51. The van der Waals surface area contributed by atoms with Crippen LogP contribution in [0.15, 0.2) is 54.7 Å². The van der Waals surface area contributed by atoms with Gasteiger partial charge in [-0.05, 0) is 37.6 Å². The number of hydrogen-bond donors (Lipinski definition) is 1. The lowest BCUT2D eigenvalue weighted by Crippen LogP contribution is -2.52. The van der Waals surface area contributed by atoms with E-state index in [1.807, 2.05) is 48.5 Å². The molecule has 0 bridgehead atoms. The molecule has 0 unspecified atom stereocenters. The number of methoxy groups -OCH3 is 1. The minimum atomic E-state index is -4.65. The van der Waals surface area contributed by atoms with Crippen molar-refractivity contribution in [3.05, 3.63) is 65.9 Å². The molecule has 1 aromatic heterocycles. The number of aromatic nitrogens is 2. The van der Waals surface area contributed by atoms with Crippen LogP contribution in [-0.4, -0.2) is 85.8 Å². The predicted molar refractivity (Wildman–Crippen MR) is 160 cm³/mol. The van der Waals surface area contributed by atoms with Gasteiger partial charge in [0.1, 0.15) is 11.3 Å². The molecule has 6 rings (SSSR count). The van der Waals surface area contributed by atoms with Gasteiger partial charge in [0, 0.05) is 69.7 Å². The molecule has 3 aliphatic heterocycles. The number of hydroxylamine groups is 1. The zero-order valence-corrected chi connectivity index (χ0v) is 24.6. The highest BCUT2D eigenvalue weighted by Gasteiger charge is 2.40. The Labute approximate surface area is 250 Å². The summed E-state index contributed by atoms with van der Waals surface area (Å²) in [6, 6.07) is 15.4. The van der Waals surface area contributed by atoms with Crippen molar-refractivity contribution in [2.75, 3.05) is 75.3 Å². The molecule has 0 radical (unpaired) electrons. The monoisotopic (exact) mass is 597 g/mol. The maximum Gasteiger partial charge on any atom is 0.421 e. The topological polar surface area (TPSA) is 69.2 Å². The van der Waals surface area contributed by atoms with Gasteiger partial charge in [0.2, 0.25) is 5.95 Å². The third-order valence-electron chi connectivity index (χ3n) is 8.69. The van der Waals surface area contributed by atoms with Crippen molar-refractivity contribution in [2.24, 2.45) is 0 Å². The van der Waals surface area contributed by atoms with Crippen LogP contribution in [-0.2, 0) is 11.0 Å². The SMILES string of the molecule is COc1cc(N2CCC(N3CCN(C)CC3)CC2)ccc1Nc1ncc(C(F)(F)F)c(N2OCC[C@H]2c2ccccc2)n1. The summed E-state index contributed by atoms with van der Waals surface area (Å²) >= 11 is 0. The van der Waals surface area contributed by atoms with Crippen LogP contribution in [0, 0.1) is 0 Å². The predicted octanol–water partition coefficient (Wildman–Crippen LogP) is 5.35. The number of piperazine rings is 1. The van der Waals surface area contributed by atoms with Gasteiger partial charge in [-0.15, -0.1) is 0 Å². The zero-order chi connectivity index (χ0) is 30.0. The molecule has 230 valence electrons. The molecule has 43 heavy (non-hydrogen) atoms. The molecule has 9 nitrogen and oxygen atoms in total. The number of nitrogens with zero attached hydrogens (tertiary/aromatic N) is 6. The molecule has 12 heteroatoms. The third-order valence-corrected chi connectivity index (χ3v) is 8.69. The second-order valence-corrected chi connectivity index (χ2v) is 11.4. The Morgan fingerprint density at radius 3 is 2.40 bits per heavy atom. The summed E-state index contributed by atoms with van der Waals surface area (Å²) in [5.74, 6) is 0.253.